The molecule has 1 aromatic heterocycles. The van der Waals surface area contributed by atoms with Crippen LogP contribution in [0.5, 0.6) is 0 Å². The predicted octanol–water partition coefficient (Wildman–Crippen LogP) is 6.35. The zero-order valence-electron chi connectivity index (χ0n) is 21.1. The Hall–Kier alpha value is -4.28. The molecule has 2 bridgehead atoms. The molecule has 1 unspecified atom stereocenters. The highest BCUT2D eigenvalue weighted by atomic mass is 32.1. The van der Waals surface area contributed by atoms with Crippen LogP contribution in [0.1, 0.15) is 59.7 Å². The molecule has 0 aliphatic heterocycles. The van der Waals surface area contributed by atoms with E-state index < -0.39 is 11.0 Å². The molecule has 0 fully saturated rings. The van der Waals surface area contributed by atoms with Crippen LogP contribution in [0, 0.1) is 12.0 Å². The van der Waals surface area contributed by atoms with Crippen molar-refractivity contribution in [3.05, 3.63) is 123 Å². The van der Waals surface area contributed by atoms with Crippen molar-refractivity contribution in [2.75, 3.05) is 10.6 Å². The molecule has 0 saturated carbocycles. The molecule has 7 heteroatoms. The number of benzene rings is 3. The number of rotatable bonds is 5. The lowest BCUT2D eigenvalue weighted by Crippen LogP contribution is -2.53. The molecule has 6 nitrogen and oxygen atoms in total. The smallest absolute Gasteiger partial charge is 0.284 e. The van der Waals surface area contributed by atoms with Crippen molar-refractivity contribution in [2.24, 2.45) is 5.41 Å². The van der Waals surface area contributed by atoms with Crippen molar-refractivity contribution in [3.8, 4) is 0 Å². The fourth-order valence-corrected chi connectivity index (χ4v) is 6.95. The minimum absolute atomic E-state index is 0.105. The van der Waals surface area contributed by atoms with Gasteiger partial charge >= 0.3 is 0 Å². The molecule has 1 heterocycles. The van der Waals surface area contributed by atoms with Crippen molar-refractivity contribution in [3.63, 3.8) is 0 Å². The van der Waals surface area contributed by atoms with E-state index in [9.17, 15) is 9.59 Å². The first-order chi connectivity index (χ1) is 18.3. The van der Waals surface area contributed by atoms with E-state index in [0.717, 1.165) is 39.2 Å². The van der Waals surface area contributed by atoms with Gasteiger partial charge in [0.05, 0.1) is 11.1 Å². The van der Waals surface area contributed by atoms with Crippen molar-refractivity contribution < 1.29 is 9.59 Å². The Morgan fingerprint density at radius 2 is 1.63 bits per heavy atom. The SMILES string of the molecule is [C-]#[N+]C12CC(C)(C(=O)Nc3nc(Cc4ccc(NC(C)=O)cc4)cs3)C(c3ccccc31)c1ccccc12. The number of carbonyl (C=O) groups is 2. The number of anilines is 2. The molecule has 3 aliphatic carbocycles. The van der Waals surface area contributed by atoms with E-state index in [-0.39, 0.29) is 17.7 Å². The Bertz CT molecular complexity index is 1570. The van der Waals surface area contributed by atoms with Crippen LogP contribution in [0.4, 0.5) is 10.8 Å². The van der Waals surface area contributed by atoms with Crippen molar-refractivity contribution in [1.82, 2.24) is 4.98 Å². The van der Waals surface area contributed by atoms with Crippen molar-refractivity contribution in [2.45, 2.75) is 38.1 Å². The Balaban J connectivity index is 1.27. The van der Waals surface area contributed by atoms with Gasteiger partial charge in [0, 0.05) is 47.9 Å². The van der Waals surface area contributed by atoms with E-state index >= 15 is 0 Å². The summed E-state index contributed by atoms with van der Waals surface area (Å²) >= 11 is 1.41. The summed E-state index contributed by atoms with van der Waals surface area (Å²) in [5, 5.41) is 8.38. The highest BCUT2D eigenvalue weighted by Gasteiger charge is 2.64. The standard InChI is InChI=1S/C31H26N4O2S/c1-19(36)33-21-14-12-20(13-15-21)16-22-17-38-29(34-22)35-28(37)30(2)18-31(32-3)25-10-6-4-8-23(25)27(30)24-9-5-7-11-26(24)31/h4-15,17,27H,16,18H2,1-2H3,(H,33,36)(H,34,35,37). The van der Waals surface area contributed by atoms with Gasteiger partial charge in [0.15, 0.2) is 5.13 Å². The van der Waals surface area contributed by atoms with Gasteiger partial charge in [-0.25, -0.2) is 11.6 Å². The third-order valence-electron chi connectivity index (χ3n) is 7.84. The van der Waals surface area contributed by atoms with Crippen LogP contribution in [-0.2, 0) is 21.5 Å². The van der Waals surface area contributed by atoms with Gasteiger partial charge in [-0.15, -0.1) is 11.3 Å². The quantitative estimate of drug-likeness (QED) is 0.302. The lowest BCUT2D eigenvalue weighted by Gasteiger charge is -2.51. The van der Waals surface area contributed by atoms with Crippen LogP contribution in [0.2, 0.25) is 0 Å². The highest BCUT2D eigenvalue weighted by molar-refractivity contribution is 7.13. The first-order valence-electron chi connectivity index (χ1n) is 12.5. The maximum atomic E-state index is 14.0. The first kappa shape index (κ1) is 24.1. The Morgan fingerprint density at radius 1 is 1.00 bits per heavy atom. The number of hydrogen-bond acceptors (Lipinski definition) is 4. The number of hydrogen-bond donors (Lipinski definition) is 2. The zero-order valence-corrected chi connectivity index (χ0v) is 21.9. The molecule has 2 amide bonds. The van der Waals surface area contributed by atoms with Crippen LogP contribution >= 0.6 is 11.3 Å². The van der Waals surface area contributed by atoms with E-state index in [1.54, 1.807) is 0 Å². The van der Waals surface area contributed by atoms with Crippen LogP contribution in [0.25, 0.3) is 4.85 Å². The normalized spacial score (nSPS) is 22.6. The molecule has 0 radical (unpaired) electrons. The largest absolute Gasteiger partial charge is 0.326 e. The number of carbonyl (C=O) groups excluding carboxylic acids is 2. The van der Waals surface area contributed by atoms with E-state index in [0.29, 0.717) is 18.0 Å². The third-order valence-corrected chi connectivity index (χ3v) is 8.64. The molecule has 3 aliphatic rings. The van der Waals surface area contributed by atoms with Crippen LogP contribution in [0.3, 0.4) is 0 Å². The molecule has 188 valence electrons. The summed E-state index contributed by atoms with van der Waals surface area (Å²) < 4.78 is 0. The molecule has 7 rings (SSSR count). The Morgan fingerprint density at radius 3 is 2.24 bits per heavy atom. The summed E-state index contributed by atoms with van der Waals surface area (Å²) in [5.74, 6) is -0.355. The summed E-state index contributed by atoms with van der Waals surface area (Å²) in [6.07, 6.45) is 1.04. The second-order valence-corrected chi connectivity index (χ2v) is 11.2. The summed E-state index contributed by atoms with van der Waals surface area (Å²) in [7, 11) is 0. The lowest BCUT2D eigenvalue weighted by molar-refractivity contribution is -0.127. The fraction of sp³-hybridized carbons (Fsp3) is 0.226. The van der Waals surface area contributed by atoms with Crippen molar-refractivity contribution in [1.29, 1.82) is 0 Å². The number of fused-ring (bicyclic) bond motifs is 1. The molecule has 2 N–H and O–H groups in total. The molecule has 3 aromatic carbocycles. The number of aromatic nitrogens is 1. The van der Waals surface area contributed by atoms with Crippen LogP contribution < -0.4 is 10.6 Å². The van der Waals surface area contributed by atoms with Gasteiger partial charge in [0.25, 0.3) is 5.54 Å². The molecule has 38 heavy (non-hydrogen) atoms. The minimum Gasteiger partial charge on any atom is -0.326 e. The van der Waals surface area contributed by atoms with E-state index in [4.69, 9.17) is 6.57 Å². The van der Waals surface area contributed by atoms with Crippen LogP contribution in [0.15, 0.2) is 78.2 Å². The van der Waals surface area contributed by atoms with Gasteiger partial charge in [-0.05, 0) is 35.7 Å². The maximum absolute atomic E-state index is 14.0. The van der Waals surface area contributed by atoms with Crippen LogP contribution in [-0.4, -0.2) is 16.8 Å². The second-order valence-electron chi connectivity index (χ2n) is 10.3. The van der Waals surface area contributed by atoms with Gasteiger partial charge in [0.2, 0.25) is 11.8 Å². The average molecular weight is 519 g/mol. The summed E-state index contributed by atoms with van der Waals surface area (Å²) in [5.41, 5.74) is 5.15. The summed E-state index contributed by atoms with van der Waals surface area (Å²) in [4.78, 5) is 34.1. The topological polar surface area (TPSA) is 75.5 Å². The summed E-state index contributed by atoms with van der Waals surface area (Å²) in [6.45, 7) is 11.8. The molecule has 0 saturated heterocycles. The number of nitrogens with one attached hydrogen (secondary N) is 2. The lowest BCUT2D eigenvalue weighted by atomic mass is 9.49. The first-order valence-corrected chi connectivity index (χ1v) is 13.4. The van der Waals surface area contributed by atoms with E-state index in [1.807, 2.05) is 73.0 Å². The summed E-state index contributed by atoms with van der Waals surface area (Å²) in [6, 6.07) is 23.8. The average Bonchev–Trinajstić information content (AvgIpc) is 3.36. The van der Waals surface area contributed by atoms with Gasteiger partial charge in [-0.1, -0.05) is 60.7 Å². The van der Waals surface area contributed by atoms with E-state index in [2.05, 4.69) is 32.6 Å². The Labute approximate surface area is 225 Å². The molecular formula is C31H26N4O2S. The number of thiazole rings is 1. The third kappa shape index (κ3) is 3.72. The molecular weight excluding hydrogens is 492 g/mol. The van der Waals surface area contributed by atoms with Crippen molar-refractivity contribution >= 4 is 34.0 Å². The van der Waals surface area contributed by atoms with Gasteiger partial charge in [-0.2, -0.15) is 0 Å². The van der Waals surface area contributed by atoms with Gasteiger partial charge < -0.3 is 10.6 Å². The fourth-order valence-electron chi connectivity index (χ4n) is 6.25. The monoisotopic (exact) mass is 518 g/mol. The number of nitrogens with zero attached hydrogens (tertiary/aromatic N) is 2. The highest BCUT2D eigenvalue weighted by Crippen LogP contribution is 2.64. The molecule has 1 atom stereocenters. The van der Waals surface area contributed by atoms with E-state index in [1.165, 1.54) is 18.3 Å². The molecule has 0 spiro atoms. The minimum atomic E-state index is -0.883. The zero-order chi connectivity index (χ0) is 26.5. The predicted molar refractivity (Wildman–Crippen MR) is 149 cm³/mol. The Kier molecular flexibility index (Phi) is 5.66. The van der Waals surface area contributed by atoms with Gasteiger partial charge in [-0.3, -0.25) is 14.4 Å². The van der Waals surface area contributed by atoms with Gasteiger partial charge in [0.1, 0.15) is 0 Å². The molecule has 4 aromatic rings. The maximum Gasteiger partial charge on any atom is 0.284 e. The second kappa shape index (κ2) is 8.93. The number of amides is 2.